The fourth-order valence-corrected chi connectivity index (χ4v) is 4.47. The normalized spacial score (nSPS) is 10.3. The van der Waals surface area contributed by atoms with E-state index in [-0.39, 0.29) is 39.3 Å². The van der Waals surface area contributed by atoms with Crippen molar-refractivity contribution >= 4 is 12.2 Å². The number of nitriles is 1. The summed E-state index contributed by atoms with van der Waals surface area (Å²) in [4.78, 5) is 69.1. The maximum atomic E-state index is 13.6. The fourth-order valence-electron chi connectivity index (χ4n) is 4.47. The van der Waals surface area contributed by atoms with E-state index in [2.05, 4.69) is 9.98 Å². The predicted octanol–water partition coefficient (Wildman–Crippen LogP) is 1.99. The highest BCUT2D eigenvalue weighted by atomic mass is 16.5. The molecule has 12 heteroatoms. The molecule has 1 aromatic heterocycles. The zero-order valence-electron chi connectivity index (χ0n) is 22.3. The van der Waals surface area contributed by atoms with Crippen LogP contribution in [0.2, 0.25) is 0 Å². The van der Waals surface area contributed by atoms with Crippen LogP contribution in [0.3, 0.4) is 0 Å². The molecule has 0 unspecified atom stereocenters. The minimum Gasteiger partial charge on any atom is -0.423 e. The van der Waals surface area contributed by atoms with Gasteiger partial charge in [-0.05, 0) is 33.4 Å². The molecule has 4 aromatic rings. The van der Waals surface area contributed by atoms with E-state index in [1.807, 2.05) is 0 Å². The summed E-state index contributed by atoms with van der Waals surface area (Å²) in [6.07, 6.45) is 4.57. The average molecular weight is 565 g/mol. The van der Waals surface area contributed by atoms with Crippen molar-refractivity contribution in [2.75, 3.05) is 0 Å². The topological polar surface area (TPSA) is 158 Å². The number of carbonyl (C=O) groups excluding carboxylic acids is 2. The second-order valence-corrected chi connectivity index (χ2v) is 9.26. The summed E-state index contributed by atoms with van der Waals surface area (Å²) in [7, 11) is 0. The van der Waals surface area contributed by atoms with Gasteiger partial charge >= 0.3 is 17.1 Å². The van der Waals surface area contributed by atoms with E-state index in [9.17, 15) is 24.0 Å². The van der Waals surface area contributed by atoms with Crippen LogP contribution >= 0.6 is 0 Å². The number of aliphatic imine (C=N–C) groups is 2. The molecule has 0 aliphatic carbocycles. The smallest absolute Gasteiger partial charge is 0.336 e. The highest BCUT2D eigenvalue weighted by Gasteiger charge is 2.17. The molecule has 0 fully saturated rings. The van der Waals surface area contributed by atoms with Crippen molar-refractivity contribution < 1.29 is 14.3 Å². The Bertz CT molecular complexity index is 1820. The Morgan fingerprint density at radius 2 is 0.952 bits per heavy atom. The first-order chi connectivity index (χ1) is 20.4. The van der Waals surface area contributed by atoms with Crippen LogP contribution in [0.4, 0.5) is 0 Å². The first-order valence-corrected chi connectivity index (χ1v) is 12.7. The Morgan fingerprint density at radius 1 is 0.595 bits per heavy atom. The van der Waals surface area contributed by atoms with Gasteiger partial charge in [-0.1, -0.05) is 72.8 Å². The maximum absolute atomic E-state index is 13.6. The zero-order chi connectivity index (χ0) is 29.9. The van der Waals surface area contributed by atoms with Crippen molar-refractivity contribution in [1.82, 2.24) is 13.7 Å². The Labute approximate surface area is 238 Å². The molecule has 42 heavy (non-hydrogen) atoms. The van der Waals surface area contributed by atoms with E-state index in [1.165, 1.54) is 12.2 Å². The molecule has 210 valence electrons. The molecule has 0 bridgehead atoms. The van der Waals surface area contributed by atoms with Gasteiger partial charge in [0, 0.05) is 0 Å². The standard InChI is InChI=1S/C30H24N6O6/c31-19-42-18-27-9-3-8-26(12-27)17-36-29(40)34(15-24-6-1-4-22(10-24)13-32-20-37)28(39)35(30(36)41)16-25-7-2-5-23(11-25)14-33-21-38/h1-12H,13-18H2. The highest BCUT2D eigenvalue weighted by molar-refractivity contribution is 5.35. The number of isocyanates is 2. The van der Waals surface area contributed by atoms with Gasteiger partial charge in [-0.15, -0.1) is 0 Å². The maximum Gasteiger partial charge on any atom is 0.336 e. The van der Waals surface area contributed by atoms with Crippen LogP contribution in [0.5, 0.6) is 0 Å². The van der Waals surface area contributed by atoms with Gasteiger partial charge in [0.2, 0.25) is 12.2 Å². The summed E-state index contributed by atoms with van der Waals surface area (Å²) in [6.45, 7) is -0.210. The number of hydrogen-bond donors (Lipinski definition) is 0. The first-order valence-electron chi connectivity index (χ1n) is 12.7. The average Bonchev–Trinajstić information content (AvgIpc) is 3.01. The van der Waals surface area contributed by atoms with Crippen LogP contribution in [0, 0.1) is 11.5 Å². The van der Waals surface area contributed by atoms with Gasteiger partial charge in [0.05, 0.1) is 32.7 Å². The van der Waals surface area contributed by atoms with Crippen LogP contribution in [0.1, 0.15) is 33.4 Å². The summed E-state index contributed by atoms with van der Waals surface area (Å²) >= 11 is 0. The second-order valence-electron chi connectivity index (χ2n) is 9.26. The van der Waals surface area contributed by atoms with Gasteiger partial charge in [-0.3, -0.25) is 0 Å². The molecule has 3 aromatic carbocycles. The van der Waals surface area contributed by atoms with Crippen LogP contribution in [-0.2, 0) is 53.7 Å². The lowest BCUT2D eigenvalue weighted by Gasteiger charge is -2.15. The minimum absolute atomic E-state index is 0.0257. The Balaban J connectivity index is 1.82. The summed E-state index contributed by atoms with van der Waals surface area (Å²) in [6, 6.07) is 20.7. The van der Waals surface area contributed by atoms with Gasteiger partial charge in [-0.25, -0.2) is 47.7 Å². The molecular weight excluding hydrogens is 540 g/mol. The van der Waals surface area contributed by atoms with E-state index >= 15 is 0 Å². The molecule has 0 amide bonds. The molecule has 4 rings (SSSR count). The van der Waals surface area contributed by atoms with Gasteiger partial charge in [0.1, 0.15) is 6.61 Å². The molecule has 0 aliphatic rings. The molecule has 0 saturated heterocycles. The van der Waals surface area contributed by atoms with Crippen molar-refractivity contribution in [3.05, 3.63) is 138 Å². The molecule has 0 atom stereocenters. The third-order valence-corrected chi connectivity index (χ3v) is 6.34. The third kappa shape index (κ3) is 7.20. The lowest BCUT2D eigenvalue weighted by molar-refractivity contribution is 0.257. The predicted molar refractivity (Wildman–Crippen MR) is 150 cm³/mol. The number of hydrogen-bond acceptors (Lipinski definition) is 9. The number of nitrogens with zero attached hydrogens (tertiary/aromatic N) is 6. The summed E-state index contributed by atoms with van der Waals surface area (Å²) < 4.78 is 7.73. The van der Waals surface area contributed by atoms with Gasteiger partial charge in [-0.2, -0.15) is 5.26 Å². The lowest BCUT2D eigenvalue weighted by atomic mass is 10.1. The number of benzene rings is 3. The van der Waals surface area contributed by atoms with Crippen molar-refractivity contribution in [1.29, 1.82) is 5.26 Å². The molecule has 0 radical (unpaired) electrons. The van der Waals surface area contributed by atoms with E-state index in [0.717, 1.165) is 13.7 Å². The van der Waals surface area contributed by atoms with Gasteiger partial charge in [0.15, 0.2) is 0 Å². The quantitative estimate of drug-likeness (QED) is 0.145. The molecule has 0 N–H and O–H groups in total. The van der Waals surface area contributed by atoms with Crippen LogP contribution in [0.15, 0.2) is 97.2 Å². The molecule has 0 saturated carbocycles. The van der Waals surface area contributed by atoms with Gasteiger partial charge < -0.3 is 4.74 Å². The van der Waals surface area contributed by atoms with Crippen LogP contribution < -0.4 is 17.1 Å². The molecule has 1 heterocycles. The Kier molecular flexibility index (Phi) is 9.68. The summed E-state index contributed by atoms with van der Waals surface area (Å²) in [5.74, 6) is 0. The largest absolute Gasteiger partial charge is 0.423 e. The Morgan fingerprint density at radius 3 is 1.33 bits per heavy atom. The molecule has 0 aliphatic heterocycles. The van der Waals surface area contributed by atoms with Crippen molar-refractivity contribution in [3.8, 4) is 6.26 Å². The number of aromatic nitrogens is 3. The monoisotopic (exact) mass is 564 g/mol. The fraction of sp³-hybridized carbons (Fsp3) is 0.200. The van der Waals surface area contributed by atoms with Crippen molar-refractivity contribution in [2.45, 2.75) is 39.3 Å². The summed E-state index contributed by atoms with van der Waals surface area (Å²) in [5.41, 5.74) is 1.41. The lowest BCUT2D eigenvalue weighted by Crippen LogP contribution is -2.54. The first kappa shape index (κ1) is 29.1. The molecule has 12 nitrogen and oxygen atoms in total. The minimum atomic E-state index is -0.801. The van der Waals surface area contributed by atoms with Crippen LogP contribution in [-0.4, -0.2) is 25.9 Å². The summed E-state index contributed by atoms with van der Waals surface area (Å²) in [5, 5.41) is 8.71. The van der Waals surface area contributed by atoms with Gasteiger partial charge in [0.25, 0.3) is 6.26 Å². The SMILES string of the molecule is N#COCc1cccc(Cn2c(=O)n(Cc3cccc(CN=C=O)c3)c(=O)n(Cc3cccc(CN=C=O)c3)c2=O)c1. The van der Waals surface area contributed by atoms with E-state index in [1.54, 1.807) is 79.1 Å². The second kappa shape index (κ2) is 14.0. The van der Waals surface area contributed by atoms with Crippen molar-refractivity contribution in [2.24, 2.45) is 9.98 Å². The zero-order valence-corrected chi connectivity index (χ0v) is 22.3. The number of ether oxygens (including phenoxy) is 1. The molecule has 0 spiro atoms. The third-order valence-electron chi connectivity index (χ3n) is 6.34. The number of rotatable bonds is 12. The highest BCUT2D eigenvalue weighted by Crippen LogP contribution is 2.10. The van der Waals surface area contributed by atoms with Crippen molar-refractivity contribution in [3.63, 3.8) is 0 Å². The van der Waals surface area contributed by atoms with E-state index < -0.39 is 17.1 Å². The van der Waals surface area contributed by atoms with Crippen LogP contribution in [0.25, 0.3) is 0 Å². The Hall–Kier alpha value is -5.88. The van der Waals surface area contributed by atoms with E-state index in [4.69, 9.17) is 10.00 Å². The molecular formula is C30H24N6O6. The van der Waals surface area contributed by atoms with E-state index in [0.29, 0.717) is 33.4 Å².